The van der Waals surface area contributed by atoms with Gasteiger partial charge in [-0.3, -0.25) is 0 Å². The van der Waals surface area contributed by atoms with Crippen molar-refractivity contribution in [2.75, 3.05) is 4.90 Å². The van der Waals surface area contributed by atoms with Crippen LogP contribution in [0.3, 0.4) is 0 Å². The number of benzene rings is 9. The van der Waals surface area contributed by atoms with Crippen LogP contribution in [-0.4, -0.2) is 0 Å². The summed E-state index contributed by atoms with van der Waals surface area (Å²) in [6.07, 6.45) is 6.71. The smallest absolute Gasteiger partial charge is 0.177 e. The molecule has 65 heavy (non-hydrogen) atoms. The Morgan fingerprint density at radius 2 is 1.09 bits per heavy atom. The van der Waals surface area contributed by atoms with Gasteiger partial charge in [0.05, 0.1) is 11.1 Å². The second-order valence-electron chi connectivity index (χ2n) is 17.4. The van der Waals surface area contributed by atoms with E-state index in [2.05, 4.69) is 199 Å². The predicted octanol–water partition coefficient (Wildman–Crippen LogP) is 16.7. The number of anilines is 3. The molecule has 4 aliphatic rings. The van der Waals surface area contributed by atoms with Crippen LogP contribution in [0, 0.1) is 0 Å². The Bertz CT molecular complexity index is 3650. The zero-order chi connectivity index (χ0) is 42.6. The monoisotopic (exact) mass is 833 g/mol. The number of furan rings is 1. The third kappa shape index (κ3) is 5.19. The minimum atomic E-state index is -0.392. The molecule has 0 bridgehead atoms. The van der Waals surface area contributed by atoms with Crippen LogP contribution in [0.5, 0.6) is 23.0 Å². The van der Waals surface area contributed by atoms with E-state index in [1.165, 1.54) is 50.1 Å². The molecule has 0 saturated carbocycles. The molecule has 0 fully saturated rings. The lowest BCUT2D eigenvalue weighted by Crippen LogP contribution is -2.27. The maximum atomic E-state index is 7.08. The number of fused-ring (bicyclic) bond motifs is 14. The predicted molar refractivity (Wildman–Crippen MR) is 263 cm³/mol. The molecule has 9 aromatic carbocycles. The standard InChI is InChI=1S/C61H39NO3/c1-2-14-38(15-3-1)39-28-32-41(33-29-39)62(54-25-12-21-48-47-19-7-11-26-55(47)64-59(48)54)42-34-30-40(31-35-42)43-20-13-27-56-60(43)65-58-37-53-49(36-57(58)63-56)46-18-6-10-24-52(46)61(53)50-22-8-4-16-44(50)45-17-5-9-23-51(45)61/h1-8,10-22,24-37H,9,23H2. The molecule has 4 heteroatoms. The van der Waals surface area contributed by atoms with Crippen LogP contribution in [0.15, 0.2) is 222 Å². The van der Waals surface area contributed by atoms with Gasteiger partial charge in [-0.15, -0.1) is 0 Å². The van der Waals surface area contributed by atoms with Gasteiger partial charge in [0.2, 0.25) is 0 Å². The second-order valence-corrected chi connectivity index (χ2v) is 17.4. The molecule has 2 heterocycles. The van der Waals surface area contributed by atoms with Crippen molar-refractivity contribution in [2.45, 2.75) is 18.3 Å². The first-order chi connectivity index (χ1) is 32.2. The SMILES string of the molecule is C1=CC2=C(CC1)C1(c3ccccc32)c2ccccc2-c2cc3c(cc21)Oc1c(cccc1-c1ccc(N(c2ccc(-c4ccccc4)cc2)c2cccc4c2oc2ccccc24)cc1)O3. The summed E-state index contributed by atoms with van der Waals surface area (Å²) in [5.74, 6) is 2.87. The van der Waals surface area contributed by atoms with E-state index in [0.717, 1.165) is 80.0 Å². The van der Waals surface area contributed by atoms with Gasteiger partial charge >= 0.3 is 0 Å². The largest absolute Gasteiger partial charge is 0.454 e. The normalized spacial score (nSPS) is 16.1. The number of allylic oxidation sites excluding steroid dienone is 4. The summed E-state index contributed by atoms with van der Waals surface area (Å²) in [4.78, 5) is 2.29. The highest BCUT2D eigenvalue weighted by Crippen LogP contribution is 2.65. The maximum Gasteiger partial charge on any atom is 0.177 e. The number of rotatable bonds is 5. The van der Waals surface area contributed by atoms with Crippen LogP contribution in [0.1, 0.15) is 35.1 Å². The molecule has 1 atom stereocenters. The summed E-state index contributed by atoms with van der Waals surface area (Å²) in [6.45, 7) is 0. The Labute approximate surface area is 376 Å². The third-order valence-electron chi connectivity index (χ3n) is 14.1. The average Bonchev–Trinajstić information content (AvgIpc) is 4.00. The summed E-state index contributed by atoms with van der Waals surface area (Å²) in [5.41, 5.74) is 19.2. The zero-order valence-electron chi connectivity index (χ0n) is 35.3. The molecule has 1 unspecified atom stereocenters. The average molecular weight is 834 g/mol. The molecule has 0 amide bonds. The first-order valence-corrected chi connectivity index (χ1v) is 22.5. The van der Waals surface area contributed by atoms with E-state index in [-0.39, 0.29) is 0 Å². The van der Waals surface area contributed by atoms with E-state index in [1.807, 2.05) is 18.2 Å². The number of nitrogens with zero attached hydrogens (tertiary/aromatic N) is 1. The van der Waals surface area contributed by atoms with E-state index >= 15 is 0 Å². The first-order valence-electron chi connectivity index (χ1n) is 22.5. The molecule has 0 N–H and O–H groups in total. The van der Waals surface area contributed by atoms with Gasteiger partial charge in [-0.1, -0.05) is 158 Å². The van der Waals surface area contributed by atoms with Crippen LogP contribution in [0.2, 0.25) is 0 Å². The maximum absolute atomic E-state index is 7.08. The molecule has 10 aromatic rings. The van der Waals surface area contributed by atoms with Crippen molar-refractivity contribution < 1.29 is 13.9 Å². The van der Waals surface area contributed by atoms with Crippen molar-refractivity contribution in [3.8, 4) is 56.4 Å². The number of hydrogen-bond donors (Lipinski definition) is 0. The minimum Gasteiger partial charge on any atom is -0.454 e. The topological polar surface area (TPSA) is 34.8 Å². The minimum absolute atomic E-state index is 0.392. The quantitative estimate of drug-likeness (QED) is 0.173. The zero-order valence-corrected chi connectivity index (χ0v) is 35.3. The van der Waals surface area contributed by atoms with Crippen molar-refractivity contribution in [2.24, 2.45) is 0 Å². The van der Waals surface area contributed by atoms with Gasteiger partial charge in [-0.2, -0.15) is 0 Å². The van der Waals surface area contributed by atoms with Gasteiger partial charge in [0.1, 0.15) is 5.58 Å². The van der Waals surface area contributed by atoms with Gasteiger partial charge < -0.3 is 18.8 Å². The molecular weight excluding hydrogens is 795 g/mol. The molecular formula is C61H39NO3. The van der Waals surface area contributed by atoms with Gasteiger partial charge in [-0.05, 0) is 129 Å². The summed E-state index contributed by atoms with van der Waals surface area (Å²) in [6, 6.07) is 71.3. The Hall–Kier alpha value is -8.34. The lowest BCUT2D eigenvalue weighted by molar-refractivity contribution is 0.360. The highest BCUT2D eigenvalue weighted by molar-refractivity contribution is 6.10. The van der Waals surface area contributed by atoms with E-state index in [9.17, 15) is 0 Å². The molecule has 1 aromatic heterocycles. The number of para-hydroxylation sites is 3. The van der Waals surface area contributed by atoms with Gasteiger partial charge in [0.25, 0.3) is 0 Å². The lowest BCUT2D eigenvalue weighted by atomic mass is 9.68. The van der Waals surface area contributed by atoms with Crippen LogP contribution in [-0.2, 0) is 5.41 Å². The Morgan fingerprint density at radius 1 is 0.446 bits per heavy atom. The van der Waals surface area contributed by atoms with Crippen molar-refractivity contribution in [3.05, 3.63) is 240 Å². The molecule has 1 spiro atoms. The molecule has 0 radical (unpaired) electrons. The van der Waals surface area contributed by atoms with E-state index in [1.54, 1.807) is 0 Å². The Morgan fingerprint density at radius 3 is 1.92 bits per heavy atom. The van der Waals surface area contributed by atoms with Gasteiger partial charge in [0.15, 0.2) is 28.6 Å². The molecule has 3 aliphatic carbocycles. The first kappa shape index (κ1) is 36.2. The Kier molecular flexibility index (Phi) is 7.70. The second kappa shape index (κ2) is 13.8. The summed E-state index contributed by atoms with van der Waals surface area (Å²) >= 11 is 0. The van der Waals surface area contributed by atoms with E-state index < -0.39 is 5.41 Å². The van der Waals surface area contributed by atoms with Crippen molar-refractivity contribution >= 4 is 44.6 Å². The van der Waals surface area contributed by atoms with Crippen LogP contribution in [0.25, 0.3) is 60.9 Å². The highest BCUT2D eigenvalue weighted by Gasteiger charge is 2.53. The highest BCUT2D eigenvalue weighted by atomic mass is 16.6. The number of ether oxygens (including phenoxy) is 2. The van der Waals surface area contributed by atoms with Crippen molar-refractivity contribution in [1.29, 1.82) is 0 Å². The summed E-state index contributed by atoms with van der Waals surface area (Å²) in [7, 11) is 0. The molecule has 4 nitrogen and oxygen atoms in total. The number of hydrogen-bond acceptors (Lipinski definition) is 4. The van der Waals surface area contributed by atoms with Crippen LogP contribution >= 0.6 is 0 Å². The van der Waals surface area contributed by atoms with Crippen LogP contribution in [0.4, 0.5) is 17.1 Å². The summed E-state index contributed by atoms with van der Waals surface area (Å²) < 4.78 is 20.5. The van der Waals surface area contributed by atoms with Crippen LogP contribution < -0.4 is 14.4 Å². The fourth-order valence-electron chi connectivity index (χ4n) is 11.3. The fourth-order valence-corrected chi connectivity index (χ4v) is 11.3. The molecule has 1 aliphatic heterocycles. The fraction of sp³-hybridized carbons (Fsp3) is 0.0492. The molecule has 14 rings (SSSR count). The lowest BCUT2D eigenvalue weighted by Gasteiger charge is -2.34. The third-order valence-corrected chi connectivity index (χ3v) is 14.1. The van der Waals surface area contributed by atoms with E-state index in [4.69, 9.17) is 13.9 Å². The van der Waals surface area contributed by atoms with Crippen molar-refractivity contribution in [3.63, 3.8) is 0 Å². The van der Waals surface area contributed by atoms with E-state index in [0.29, 0.717) is 11.5 Å². The van der Waals surface area contributed by atoms with Gasteiger partial charge in [0, 0.05) is 27.7 Å². The van der Waals surface area contributed by atoms with Gasteiger partial charge in [-0.25, -0.2) is 0 Å². The molecule has 0 saturated heterocycles. The Balaban J connectivity index is 0.870. The summed E-state index contributed by atoms with van der Waals surface area (Å²) in [5, 5.41) is 2.18. The van der Waals surface area contributed by atoms with Crippen molar-refractivity contribution in [1.82, 2.24) is 0 Å². The molecule has 306 valence electrons.